The highest BCUT2D eigenvalue weighted by Crippen LogP contribution is 2.21. The fraction of sp³-hybridized carbons (Fsp3) is 0.412. The Balaban J connectivity index is 1.79. The van der Waals surface area contributed by atoms with Gasteiger partial charge in [-0.25, -0.2) is 0 Å². The molecule has 0 saturated carbocycles. The number of piperidine rings is 1. The van der Waals surface area contributed by atoms with E-state index in [9.17, 15) is 9.59 Å². The van der Waals surface area contributed by atoms with E-state index in [1.807, 2.05) is 35.2 Å². The number of rotatable bonds is 4. The topological polar surface area (TPSA) is 88.2 Å². The average molecular weight is 328 g/mol. The van der Waals surface area contributed by atoms with E-state index >= 15 is 0 Å². The largest absolute Gasteiger partial charge is 0.466 e. The van der Waals surface area contributed by atoms with Crippen molar-refractivity contribution in [3.63, 3.8) is 0 Å². The summed E-state index contributed by atoms with van der Waals surface area (Å²) in [4.78, 5) is 28.9. The zero-order chi connectivity index (χ0) is 16.9. The van der Waals surface area contributed by atoms with Crippen LogP contribution in [0.4, 0.5) is 5.95 Å². The van der Waals surface area contributed by atoms with Gasteiger partial charge in [-0.05, 0) is 19.8 Å². The molecule has 1 fully saturated rings. The lowest BCUT2D eigenvalue weighted by atomic mass is 9.98. The minimum atomic E-state index is -0.288. The minimum absolute atomic E-state index is 0.196. The number of carbonyl (C=O) groups excluding carboxylic acids is 1. The van der Waals surface area contributed by atoms with Crippen molar-refractivity contribution in [1.29, 1.82) is 0 Å². The Morgan fingerprint density at radius 2 is 2.12 bits per heavy atom. The molecule has 0 radical (unpaired) electrons. The molecule has 7 heteroatoms. The molecule has 1 N–H and O–H groups in total. The van der Waals surface area contributed by atoms with Crippen LogP contribution in [0, 0.1) is 5.92 Å². The Hall–Kier alpha value is -2.70. The maximum absolute atomic E-state index is 12.3. The van der Waals surface area contributed by atoms with Crippen LogP contribution in [0.25, 0.3) is 11.3 Å². The van der Waals surface area contributed by atoms with Gasteiger partial charge < -0.3 is 9.64 Å². The van der Waals surface area contributed by atoms with Crippen molar-refractivity contribution in [2.45, 2.75) is 19.8 Å². The van der Waals surface area contributed by atoms with Gasteiger partial charge >= 0.3 is 5.97 Å². The molecule has 1 unspecified atom stereocenters. The van der Waals surface area contributed by atoms with Gasteiger partial charge in [0.05, 0.1) is 12.5 Å². The maximum atomic E-state index is 12.3. The first-order valence-electron chi connectivity index (χ1n) is 8.13. The Labute approximate surface area is 139 Å². The van der Waals surface area contributed by atoms with E-state index < -0.39 is 0 Å². The second kappa shape index (κ2) is 7.25. The van der Waals surface area contributed by atoms with Crippen LogP contribution in [0.5, 0.6) is 0 Å². The molecule has 2 heterocycles. The molecule has 2 aromatic rings. The van der Waals surface area contributed by atoms with Gasteiger partial charge in [0, 0.05) is 18.7 Å². The molecular weight excluding hydrogens is 308 g/mol. The van der Waals surface area contributed by atoms with Crippen molar-refractivity contribution >= 4 is 11.9 Å². The summed E-state index contributed by atoms with van der Waals surface area (Å²) in [6, 6.07) is 9.20. The summed E-state index contributed by atoms with van der Waals surface area (Å²) in [6.07, 6.45) is 1.63. The third-order valence-electron chi connectivity index (χ3n) is 4.07. The fourth-order valence-electron chi connectivity index (χ4n) is 2.88. The van der Waals surface area contributed by atoms with Crippen molar-refractivity contribution in [3.8, 4) is 11.3 Å². The van der Waals surface area contributed by atoms with E-state index in [0.717, 1.165) is 24.9 Å². The van der Waals surface area contributed by atoms with Gasteiger partial charge in [0.1, 0.15) is 0 Å². The molecule has 1 saturated heterocycles. The molecule has 3 rings (SSSR count). The van der Waals surface area contributed by atoms with Gasteiger partial charge in [-0.3, -0.25) is 14.6 Å². The Morgan fingerprint density at radius 3 is 2.83 bits per heavy atom. The van der Waals surface area contributed by atoms with Gasteiger partial charge in [0.2, 0.25) is 5.95 Å². The van der Waals surface area contributed by atoms with Crippen LogP contribution >= 0.6 is 0 Å². The number of hydrogen-bond donors (Lipinski definition) is 1. The quantitative estimate of drug-likeness (QED) is 0.858. The number of anilines is 1. The molecule has 1 aliphatic heterocycles. The van der Waals surface area contributed by atoms with Gasteiger partial charge in [-0.1, -0.05) is 30.3 Å². The SMILES string of the molecule is CCOC(=O)C1CCCN(c2nnc(-c3ccccc3)c(=O)[nH]2)C1. The van der Waals surface area contributed by atoms with E-state index in [1.54, 1.807) is 6.92 Å². The van der Waals surface area contributed by atoms with Gasteiger partial charge in [0.15, 0.2) is 5.69 Å². The molecule has 1 aromatic carbocycles. The standard InChI is InChI=1S/C17H20N4O3/c1-2-24-16(23)13-9-6-10-21(11-13)17-18-15(22)14(19-20-17)12-7-4-3-5-8-12/h3-5,7-8,13H,2,6,9-11H2,1H3,(H,18,20,22). The van der Waals surface area contributed by atoms with Gasteiger partial charge in [-0.15, -0.1) is 10.2 Å². The molecule has 0 spiro atoms. The van der Waals surface area contributed by atoms with E-state index in [4.69, 9.17) is 4.74 Å². The van der Waals surface area contributed by atoms with Crippen molar-refractivity contribution in [3.05, 3.63) is 40.7 Å². The molecular formula is C17H20N4O3. The number of carbonyl (C=O) groups is 1. The van der Waals surface area contributed by atoms with Crippen LogP contribution in [0.15, 0.2) is 35.1 Å². The van der Waals surface area contributed by atoms with Crippen LogP contribution in [0.2, 0.25) is 0 Å². The summed E-state index contributed by atoms with van der Waals surface area (Å²) in [5.74, 6) is 0.00453. The van der Waals surface area contributed by atoms with Crippen LogP contribution in [-0.4, -0.2) is 40.8 Å². The van der Waals surface area contributed by atoms with E-state index in [1.165, 1.54) is 0 Å². The van der Waals surface area contributed by atoms with Crippen molar-refractivity contribution in [1.82, 2.24) is 15.2 Å². The molecule has 1 aliphatic rings. The van der Waals surface area contributed by atoms with Crippen molar-refractivity contribution < 1.29 is 9.53 Å². The zero-order valence-electron chi connectivity index (χ0n) is 13.6. The maximum Gasteiger partial charge on any atom is 0.310 e. The highest BCUT2D eigenvalue weighted by atomic mass is 16.5. The lowest BCUT2D eigenvalue weighted by Crippen LogP contribution is -2.41. The number of aromatic amines is 1. The number of aromatic nitrogens is 3. The average Bonchev–Trinajstić information content (AvgIpc) is 2.62. The van der Waals surface area contributed by atoms with E-state index in [2.05, 4.69) is 15.2 Å². The molecule has 1 aromatic heterocycles. The third-order valence-corrected chi connectivity index (χ3v) is 4.07. The predicted octanol–water partition coefficient (Wildman–Crippen LogP) is 1.61. The van der Waals surface area contributed by atoms with Crippen LogP contribution in [0.3, 0.4) is 0 Å². The summed E-state index contributed by atoms with van der Waals surface area (Å²) in [5.41, 5.74) is 0.726. The first kappa shape index (κ1) is 16.2. The predicted molar refractivity (Wildman–Crippen MR) is 89.7 cm³/mol. The van der Waals surface area contributed by atoms with Crippen LogP contribution < -0.4 is 10.5 Å². The van der Waals surface area contributed by atoms with Gasteiger partial charge in [-0.2, -0.15) is 0 Å². The Morgan fingerprint density at radius 1 is 1.33 bits per heavy atom. The van der Waals surface area contributed by atoms with Crippen LogP contribution in [-0.2, 0) is 9.53 Å². The number of esters is 1. The molecule has 0 amide bonds. The summed E-state index contributed by atoms with van der Waals surface area (Å²) >= 11 is 0. The number of nitrogens with zero attached hydrogens (tertiary/aromatic N) is 3. The summed E-state index contributed by atoms with van der Waals surface area (Å²) in [7, 11) is 0. The first-order chi connectivity index (χ1) is 11.7. The molecule has 24 heavy (non-hydrogen) atoms. The highest BCUT2D eigenvalue weighted by molar-refractivity contribution is 5.73. The normalized spacial score (nSPS) is 17.5. The Kier molecular flexibility index (Phi) is 4.88. The molecule has 0 bridgehead atoms. The van der Waals surface area contributed by atoms with Crippen LogP contribution in [0.1, 0.15) is 19.8 Å². The van der Waals surface area contributed by atoms with E-state index in [-0.39, 0.29) is 17.4 Å². The first-order valence-corrected chi connectivity index (χ1v) is 8.13. The smallest absolute Gasteiger partial charge is 0.310 e. The molecule has 0 aliphatic carbocycles. The lowest BCUT2D eigenvalue weighted by molar-refractivity contribution is -0.148. The fourth-order valence-corrected chi connectivity index (χ4v) is 2.88. The van der Waals surface area contributed by atoms with E-state index in [0.29, 0.717) is 24.8 Å². The van der Waals surface area contributed by atoms with Gasteiger partial charge in [0.25, 0.3) is 5.56 Å². The molecule has 126 valence electrons. The Bertz CT molecular complexity index is 760. The number of nitrogens with one attached hydrogen (secondary N) is 1. The summed E-state index contributed by atoms with van der Waals surface area (Å²) in [6.45, 7) is 3.38. The lowest BCUT2D eigenvalue weighted by Gasteiger charge is -2.31. The molecule has 1 atom stereocenters. The highest BCUT2D eigenvalue weighted by Gasteiger charge is 2.28. The number of ether oxygens (including phenoxy) is 1. The molecule has 7 nitrogen and oxygen atoms in total. The number of hydrogen-bond acceptors (Lipinski definition) is 6. The third kappa shape index (κ3) is 3.45. The zero-order valence-corrected chi connectivity index (χ0v) is 13.6. The number of H-pyrrole nitrogens is 1. The monoisotopic (exact) mass is 328 g/mol. The second-order valence-electron chi connectivity index (χ2n) is 5.73. The minimum Gasteiger partial charge on any atom is -0.466 e. The second-order valence-corrected chi connectivity index (χ2v) is 5.73. The van der Waals surface area contributed by atoms with Crippen molar-refractivity contribution in [2.75, 3.05) is 24.6 Å². The number of benzene rings is 1. The van der Waals surface area contributed by atoms with Crippen molar-refractivity contribution in [2.24, 2.45) is 5.92 Å². The summed E-state index contributed by atoms with van der Waals surface area (Å²) in [5, 5.41) is 8.23. The summed E-state index contributed by atoms with van der Waals surface area (Å²) < 4.78 is 5.09.